The van der Waals surface area contributed by atoms with E-state index >= 15 is 0 Å². The number of ether oxygens (including phenoxy) is 1. The predicted molar refractivity (Wildman–Crippen MR) is 142 cm³/mol. The summed E-state index contributed by atoms with van der Waals surface area (Å²) in [5.41, 5.74) is 14.6. The second kappa shape index (κ2) is 10.7. The van der Waals surface area contributed by atoms with Crippen molar-refractivity contribution in [2.45, 2.75) is 32.7 Å². The van der Waals surface area contributed by atoms with Crippen molar-refractivity contribution in [3.05, 3.63) is 69.4 Å². The number of nitrogen functional groups attached to an aromatic ring is 1. The van der Waals surface area contributed by atoms with Crippen LogP contribution in [0.3, 0.4) is 0 Å². The first-order valence-corrected chi connectivity index (χ1v) is 12.1. The number of primary amides is 1. The fourth-order valence-corrected chi connectivity index (χ4v) is 4.52. The van der Waals surface area contributed by atoms with Gasteiger partial charge in [-0.05, 0) is 38.1 Å². The lowest BCUT2D eigenvalue weighted by Crippen LogP contribution is -2.15. The van der Waals surface area contributed by atoms with Crippen LogP contribution in [0.25, 0.3) is 22.5 Å². The lowest BCUT2D eigenvalue weighted by Gasteiger charge is -2.10. The van der Waals surface area contributed by atoms with Gasteiger partial charge in [-0.25, -0.2) is 4.68 Å². The quantitative estimate of drug-likeness (QED) is 0.299. The molecular weight excluding hydrogens is 517 g/mol. The van der Waals surface area contributed by atoms with Gasteiger partial charge in [0.05, 0.1) is 18.6 Å². The molecule has 0 bridgehead atoms. The Morgan fingerprint density at radius 2 is 1.86 bits per heavy atom. The van der Waals surface area contributed by atoms with Crippen LogP contribution in [-0.4, -0.2) is 33.7 Å². The molecule has 0 fully saturated rings. The summed E-state index contributed by atoms with van der Waals surface area (Å²) in [7, 11) is 1.50. The topological polar surface area (TPSA) is 139 Å². The maximum absolute atomic E-state index is 12.8. The second-order valence-electron chi connectivity index (χ2n) is 8.73. The Bertz CT molecular complexity index is 1490. The van der Waals surface area contributed by atoms with E-state index in [2.05, 4.69) is 10.3 Å². The normalized spacial score (nSPS) is 11.2. The Morgan fingerprint density at radius 3 is 2.51 bits per heavy atom. The third kappa shape index (κ3) is 5.47. The molecule has 4 aromatic rings. The van der Waals surface area contributed by atoms with Crippen molar-refractivity contribution in [2.75, 3.05) is 12.8 Å². The number of aromatic nitrogens is 3. The number of Topliss-reactive ketones (excluding diaryl/α,β-unsaturated/α-hetero) is 1. The van der Waals surface area contributed by atoms with Crippen molar-refractivity contribution in [3.8, 4) is 28.3 Å². The fourth-order valence-electron chi connectivity index (χ4n) is 4.01. The van der Waals surface area contributed by atoms with E-state index in [1.54, 1.807) is 47.1 Å². The smallest absolute Gasteiger partial charge is 0.254 e. The number of carbonyl (C=O) groups is 2. The molecule has 4 N–H and O–H groups in total. The van der Waals surface area contributed by atoms with E-state index < -0.39 is 5.91 Å². The van der Waals surface area contributed by atoms with Crippen LogP contribution in [0.15, 0.2) is 47.0 Å². The van der Waals surface area contributed by atoms with E-state index in [1.807, 2.05) is 13.8 Å². The van der Waals surface area contributed by atoms with Crippen LogP contribution in [0.2, 0.25) is 10.0 Å². The number of carbonyl (C=O) groups excluding carboxylic acids is 2. The van der Waals surface area contributed by atoms with Crippen LogP contribution in [0, 0.1) is 0 Å². The Kier molecular flexibility index (Phi) is 7.56. The van der Waals surface area contributed by atoms with Crippen LogP contribution in [0.1, 0.15) is 41.6 Å². The zero-order chi connectivity index (χ0) is 26.9. The number of halogens is 2. The van der Waals surface area contributed by atoms with Gasteiger partial charge >= 0.3 is 0 Å². The van der Waals surface area contributed by atoms with Gasteiger partial charge in [-0.3, -0.25) is 9.59 Å². The molecule has 0 unspecified atom stereocenters. The minimum Gasteiger partial charge on any atom is -0.496 e. The summed E-state index contributed by atoms with van der Waals surface area (Å²) in [4.78, 5) is 25.0. The summed E-state index contributed by atoms with van der Waals surface area (Å²) in [6.07, 6.45) is 0.122. The van der Waals surface area contributed by atoms with Gasteiger partial charge in [-0.2, -0.15) is 5.10 Å². The maximum atomic E-state index is 12.8. The lowest BCUT2D eigenvalue weighted by molar-refractivity contribution is -0.118. The number of hydrogen-bond donors (Lipinski definition) is 2. The van der Waals surface area contributed by atoms with Gasteiger partial charge in [0.25, 0.3) is 5.91 Å². The number of nitrogens with two attached hydrogens (primary N) is 2. The molecule has 192 valence electrons. The number of hydrogen-bond acceptors (Lipinski definition) is 7. The number of amides is 1. The largest absolute Gasteiger partial charge is 0.496 e. The Labute approximate surface area is 223 Å². The molecule has 0 spiro atoms. The van der Waals surface area contributed by atoms with Gasteiger partial charge < -0.3 is 20.7 Å². The van der Waals surface area contributed by atoms with Gasteiger partial charge in [-0.15, -0.1) is 0 Å². The first kappa shape index (κ1) is 26.2. The van der Waals surface area contributed by atoms with Crippen molar-refractivity contribution >= 4 is 40.7 Å². The average molecular weight is 542 g/mol. The van der Waals surface area contributed by atoms with E-state index in [9.17, 15) is 9.59 Å². The number of rotatable bonds is 9. The molecule has 0 saturated heterocycles. The highest BCUT2D eigenvalue weighted by molar-refractivity contribution is 6.36. The molecular formula is C26H25Cl2N5O4. The Morgan fingerprint density at radius 1 is 1.11 bits per heavy atom. The molecule has 11 heteroatoms. The van der Waals surface area contributed by atoms with E-state index in [4.69, 9.17) is 43.9 Å². The standard InChI is InChI=1S/C26H25Cl2N5O4/c1-13(2)33-25(29)23(26(30)35)24(31-33)15-5-4-14(22(9-15)36-3)8-17(34)11-18-12-21(32-37-18)19-7-6-16(27)10-20(19)28/h4-7,9-10,12-13H,8,11,29H2,1-3H3,(H2,30,35). The first-order valence-electron chi connectivity index (χ1n) is 11.4. The van der Waals surface area contributed by atoms with Crippen molar-refractivity contribution in [2.24, 2.45) is 5.73 Å². The second-order valence-corrected chi connectivity index (χ2v) is 9.58. The van der Waals surface area contributed by atoms with Crippen molar-refractivity contribution in [1.82, 2.24) is 14.9 Å². The van der Waals surface area contributed by atoms with Gasteiger partial charge in [0.2, 0.25) is 0 Å². The van der Waals surface area contributed by atoms with Crippen LogP contribution < -0.4 is 16.2 Å². The van der Waals surface area contributed by atoms with Crippen LogP contribution in [0.4, 0.5) is 5.82 Å². The summed E-state index contributed by atoms with van der Waals surface area (Å²) >= 11 is 12.2. The zero-order valence-electron chi connectivity index (χ0n) is 20.4. The summed E-state index contributed by atoms with van der Waals surface area (Å²) in [5, 5.41) is 9.46. The van der Waals surface area contributed by atoms with E-state index in [0.717, 1.165) is 0 Å². The number of ketones is 1. The third-order valence-corrected chi connectivity index (χ3v) is 6.32. The van der Waals surface area contributed by atoms with E-state index in [1.165, 1.54) is 7.11 Å². The van der Waals surface area contributed by atoms with Crippen LogP contribution in [-0.2, 0) is 17.6 Å². The molecule has 4 rings (SSSR count). The highest BCUT2D eigenvalue weighted by atomic mass is 35.5. The van der Waals surface area contributed by atoms with Gasteiger partial charge in [-0.1, -0.05) is 40.5 Å². The van der Waals surface area contributed by atoms with Crippen molar-refractivity contribution < 1.29 is 18.8 Å². The average Bonchev–Trinajstić information content (AvgIpc) is 3.43. The van der Waals surface area contributed by atoms with Crippen LogP contribution >= 0.6 is 23.2 Å². The third-order valence-electron chi connectivity index (χ3n) is 5.77. The molecule has 0 aliphatic heterocycles. The summed E-state index contributed by atoms with van der Waals surface area (Å²) < 4.78 is 12.4. The molecule has 0 aliphatic rings. The van der Waals surface area contributed by atoms with E-state index in [0.29, 0.717) is 49.6 Å². The molecule has 2 aromatic carbocycles. The minimum atomic E-state index is -0.677. The summed E-state index contributed by atoms with van der Waals surface area (Å²) in [6.45, 7) is 3.80. The maximum Gasteiger partial charge on any atom is 0.254 e. The van der Waals surface area contributed by atoms with Crippen LogP contribution in [0.5, 0.6) is 5.75 Å². The lowest BCUT2D eigenvalue weighted by atomic mass is 10.00. The molecule has 2 heterocycles. The molecule has 0 saturated carbocycles. The fraction of sp³-hybridized carbons (Fsp3) is 0.231. The summed E-state index contributed by atoms with van der Waals surface area (Å²) in [6, 6.07) is 11.9. The highest BCUT2D eigenvalue weighted by Gasteiger charge is 2.24. The Hall–Kier alpha value is -3.82. The SMILES string of the molecule is COc1cc(-c2nn(C(C)C)c(N)c2C(N)=O)ccc1CC(=O)Cc1cc(-c2ccc(Cl)cc2Cl)no1. The number of nitrogens with zero attached hydrogens (tertiary/aromatic N) is 3. The highest BCUT2D eigenvalue weighted by Crippen LogP contribution is 2.33. The molecule has 1 amide bonds. The number of methoxy groups -OCH3 is 1. The molecule has 0 radical (unpaired) electrons. The number of benzene rings is 2. The van der Waals surface area contributed by atoms with Gasteiger partial charge in [0.1, 0.15) is 40.1 Å². The van der Waals surface area contributed by atoms with Gasteiger partial charge in [0.15, 0.2) is 0 Å². The van der Waals surface area contributed by atoms with Gasteiger partial charge in [0, 0.05) is 40.2 Å². The molecule has 0 atom stereocenters. The summed E-state index contributed by atoms with van der Waals surface area (Å²) in [5.74, 6) is 0.278. The molecule has 2 aromatic heterocycles. The van der Waals surface area contributed by atoms with Crippen molar-refractivity contribution in [3.63, 3.8) is 0 Å². The van der Waals surface area contributed by atoms with Crippen molar-refractivity contribution in [1.29, 1.82) is 0 Å². The number of anilines is 1. The first-order chi connectivity index (χ1) is 17.6. The predicted octanol–water partition coefficient (Wildman–Crippen LogP) is 5.14. The zero-order valence-corrected chi connectivity index (χ0v) is 21.9. The molecule has 9 nitrogen and oxygen atoms in total. The molecule has 0 aliphatic carbocycles. The van der Waals surface area contributed by atoms with E-state index in [-0.39, 0.29) is 36.0 Å². The Balaban J connectivity index is 1.54. The monoisotopic (exact) mass is 541 g/mol. The molecule has 37 heavy (non-hydrogen) atoms. The minimum absolute atomic E-state index is 0.0320.